The van der Waals surface area contributed by atoms with Crippen molar-refractivity contribution in [2.24, 2.45) is 63.8 Å². The molecule has 3 atom stereocenters. The third kappa shape index (κ3) is 156. The normalized spacial score (nSPS) is 9.03. The second kappa shape index (κ2) is 179. The highest BCUT2D eigenvalue weighted by Gasteiger charge is 2.36. The summed E-state index contributed by atoms with van der Waals surface area (Å²) >= 11 is 0. The maximum Gasteiger partial charge on any atom is 0.246 e. The average Bonchev–Trinajstić information content (AvgIpc) is 0.820. The van der Waals surface area contributed by atoms with E-state index in [-0.39, 0.29) is 48.7 Å². The Bertz CT molecular complexity index is 2140. The number of hydrogen-bond acceptors (Lipinski definition) is 25. The lowest BCUT2D eigenvalue weighted by atomic mass is 10.00. The first-order valence-electron chi connectivity index (χ1n) is 37.7. The van der Waals surface area contributed by atoms with Crippen molar-refractivity contribution in [3.05, 3.63) is 144 Å². The van der Waals surface area contributed by atoms with E-state index < -0.39 is 24.0 Å². The lowest BCUT2D eigenvalue weighted by molar-refractivity contribution is -0.147. The fraction of sp³-hybridized carbons (Fsp3) is 0.568. The van der Waals surface area contributed by atoms with E-state index in [1.807, 2.05) is 155 Å². The number of nitrogens with two attached hydrogens (primary N) is 7. The van der Waals surface area contributed by atoms with Crippen LogP contribution in [0.15, 0.2) is 121 Å². The third-order valence-corrected chi connectivity index (χ3v) is 13.1. The Labute approximate surface area is 716 Å². The van der Waals surface area contributed by atoms with Crippen molar-refractivity contribution >= 4 is 91.5 Å². The van der Waals surface area contributed by atoms with Gasteiger partial charge in [-0.25, -0.2) is 0 Å². The maximum atomic E-state index is 13.9. The molecule has 4 amide bonds. The van der Waals surface area contributed by atoms with Gasteiger partial charge in [-0.2, -0.15) is 0 Å². The fourth-order valence-corrected chi connectivity index (χ4v) is 6.27. The number of likely N-dealkylation sites (tertiary alicyclic amines) is 1. The molecule has 1 aliphatic rings. The first-order valence-corrected chi connectivity index (χ1v) is 37.7. The van der Waals surface area contributed by atoms with Crippen molar-refractivity contribution < 1.29 is 72.2 Å². The van der Waals surface area contributed by atoms with Gasteiger partial charge in [0, 0.05) is 53.1 Å². The van der Waals surface area contributed by atoms with Gasteiger partial charge in [-0.3, -0.25) is 19.2 Å². The quantitative estimate of drug-likeness (QED) is 0.0496. The average molecular weight is 1680 g/mol. The number of amides is 4. The van der Waals surface area contributed by atoms with Crippen molar-refractivity contribution in [2.75, 3.05) is 76.5 Å². The molecule has 0 aromatic heterocycles. The molecular formula is C88H186N14O15. The smallest absolute Gasteiger partial charge is 0.246 e. The van der Waals surface area contributed by atoms with Crippen molar-refractivity contribution in [1.82, 2.24) is 38.5 Å². The van der Waals surface area contributed by atoms with Crippen LogP contribution < -0.4 is 63.9 Å². The summed E-state index contributed by atoms with van der Waals surface area (Å²) in [6, 6.07) is 37.5. The van der Waals surface area contributed by atoms with Gasteiger partial charge < -0.3 is 132 Å². The first-order chi connectivity index (χ1) is 54.9. The van der Waals surface area contributed by atoms with Gasteiger partial charge in [0.1, 0.15) is 86.0 Å². The molecule has 1 heterocycles. The fourth-order valence-electron chi connectivity index (χ4n) is 6.27. The number of likely N-dealkylation sites (N-methyl/N-ethyl adjacent to an activating group) is 2. The summed E-state index contributed by atoms with van der Waals surface area (Å²) in [6.07, 6.45) is 11.0. The third-order valence-electron chi connectivity index (χ3n) is 13.1. The number of aliphatic hydroxyl groups excluding tert-OH is 1. The van der Waals surface area contributed by atoms with Gasteiger partial charge in [-0.05, 0) is 148 Å². The van der Waals surface area contributed by atoms with E-state index >= 15 is 0 Å². The summed E-state index contributed by atoms with van der Waals surface area (Å²) < 4.78 is 0. The van der Waals surface area contributed by atoms with Crippen molar-refractivity contribution in [2.45, 2.75) is 233 Å². The number of rotatable bonds is 16. The topological polar surface area (TPSA) is 568 Å². The Morgan fingerprint density at radius 3 is 0.726 bits per heavy atom. The van der Waals surface area contributed by atoms with Crippen LogP contribution in [0.1, 0.15) is 206 Å². The molecule has 0 aliphatic carbocycles. The molecule has 0 radical (unpaired) electrons. The van der Waals surface area contributed by atoms with Gasteiger partial charge in [0.05, 0.1) is 0 Å². The molecule has 25 N–H and O–H groups in total. The van der Waals surface area contributed by atoms with E-state index in [2.05, 4.69) is 191 Å². The molecule has 698 valence electrons. The standard InChI is InChI=1S/C30H40N4O4.2C8H10.4C5H12.C3H8O.C2H6.7CH5N.10CH2O.3H3N/c1-22(29(37)34-18-12-7-13-19-34)31-28(36)26(20-24-14-8-5-9-15-24)33(4)30(38)27(32(3)23(2)35)21-25-16-10-6-11-17-25;2*1-2-8-6-4-3-5-7-8;4*1-4-5(2)3;1-3(2)4;18*1-2;;;/h5-6,8-11,14-17,22,26-27H,7,12-13,18-21H2,1-4H3,(H,31,36);2*3-7H,2H2,1H3;4*5H,4H2,1-3H3;3-4H,1-2H3;1-2H3;7*2H2,1H3;10*1H2;3*1H3/t22-,26-,27-;;;;;;;;;;;;;;;;;;;;;;;;;;;;/m0............................/s1. The molecule has 4 aromatic carbocycles. The monoisotopic (exact) mass is 1680 g/mol. The molecule has 117 heavy (non-hydrogen) atoms. The molecule has 0 spiro atoms. The summed E-state index contributed by atoms with van der Waals surface area (Å²) in [5.41, 5.74) is 36.1. The predicted molar refractivity (Wildman–Crippen MR) is 505 cm³/mol. The molecule has 0 bridgehead atoms. The summed E-state index contributed by atoms with van der Waals surface area (Å²) in [5.74, 6) is 2.46. The maximum absolute atomic E-state index is 13.9. The molecule has 0 unspecified atom stereocenters. The van der Waals surface area contributed by atoms with Crippen molar-refractivity contribution in [3.63, 3.8) is 0 Å². The second-order valence-corrected chi connectivity index (χ2v) is 22.1. The predicted octanol–water partition coefficient (Wildman–Crippen LogP) is 12.4. The number of nitrogens with zero attached hydrogens (tertiary/aromatic N) is 3. The van der Waals surface area contributed by atoms with Crippen molar-refractivity contribution in [3.8, 4) is 0 Å². The molecule has 1 fully saturated rings. The van der Waals surface area contributed by atoms with Gasteiger partial charge in [0.25, 0.3) is 0 Å². The van der Waals surface area contributed by atoms with Crippen LogP contribution in [0.3, 0.4) is 0 Å². The van der Waals surface area contributed by atoms with Gasteiger partial charge in [0.15, 0.2) is 0 Å². The number of piperidine rings is 1. The zero-order valence-electron chi connectivity index (χ0n) is 79.6. The SMILES string of the molecule is C=O.C=O.C=O.C=O.C=O.C=O.C=O.C=O.C=O.C=O.CC.CC(=O)N(C)[C@@H](Cc1ccccc1)C(=O)N(C)[C@@H](Cc1ccccc1)C(=O)N[C@@H](C)C(=O)N1CCCCC1.CC(C)O.CCC(C)C.CCC(C)C.CCC(C)C.CCC(C)C.CCc1ccccc1.CCc1ccccc1.CN.CN.CN.CN.CN.CN.CN.N.N.N. The van der Waals surface area contributed by atoms with E-state index in [0.29, 0.717) is 19.5 Å². The highest BCUT2D eigenvalue weighted by molar-refractivity contribution is 5.94. The number of carbonyl (C=O) groups excluding carboxylic acids is 14. The van der Waals surface area contributed by atoms with Crippen LogP contribution in [0.4, 0.5) is 0 Å². The molecule has 0 saturated carbocycles. The minimum absolute atomic E-state index is 0. The largest absolute Gasteiger partial charge is 0.394 e. The van der Waals surface area contributed by atoms with Crippen LogP contribution >= 0.6 is 0 Å². The Morgan fingerprint density at radius 2 is 0.556 bits per heavy atom. The van der Waals surface area contributed by atoms with Crippen LogP contribution in [0.25, 0.3) is 0 Å². The minimum Gasteiger partial charge on any atom is -0.394 e. The van der Waals surface area contributed by atoms with Crippen LogP contribution in [-0.2, 0) is 92.8 Å². The molecule has 5 rings (SSSR count). The Hall–Kier alpha value is -8.98. The minimum atomic E-state index is -0.861. The molecular weight excluding hydrogens is 1490 g/mol. The lowest BCUT2D eigenvalue weighted by Crippen LogP contribution is -2.58. The number of hydrogen-bond donors (Lipinski definition) is 12. The lowest BCUT2D eigenvalue weighted by Gasteiger charge is -2.35. The zero-order valence-corrected chi connectivity index (χ0v) is 79.6. The number of carbonyl (C=O) groups is 14. The number of nitrogens with one attached hydrogen (secondary N) is 1. The highest BCUT2D eigenvalue weighted by atomic mass is 16.3. The van der Waals surface area contributed by atoms with Gasteiger partial charge >= 0.3 is 0 Å². The van der Waals surface area contributed by atoms with E-state index in [0.717, 1.165) is 66.9 Å². The van der Waals surface area contributed by atoms with E-state index in [1.54, 1.807) is 39.8 Å². The van der Waals surface area contributed by atoms with Crippen molar-refractivity contribution in [1.29, 1.82) is 0 Å². The van der Waals surface area contributed by atoms with Crippen LogP contribution in [0.2, 0.25) is 0 Å². The zero-order chi connectivity index (χ0) is 96.0. The summed E-state index contributed by atoms with van der Waals surface area (Å²) in [6.45, 7) is 62.9. The van der Waals surface area contributed by atoms with E-state index in [1.165, 1.54) is 103 Å². The summed E-state index contributed by atoms with van der Waals surface area (Å²) in [5, 5.41) is 10.9. The molecule has 29 heteroatoms. The molecule has 29 nitrogen and oxygen atoms in total. The number of aliphatic hydroxyl groups is 1. The number of aryl methyl sites for hydroxylation is 2. The van der Waals surface area contributed by atoms with E-state index in [4.69, 9.17) is 53.1 Å². The van der Waals surface area contributed by atoms with Crippen LogP contribution in [0, 0.1) is 23.7 Å². The van der Waals surface area contributed by atoms with E-state index in [9.17, 15) is 19.2 Å². The Kier molecular flexibility index (Phi) is 268. The summed E-state index contributed by atoms with van der Waals surface area (Å²) in [7, 11) is 13.7. The van der Waals surface area contributed by atoms with Gasteiger partial charge in [0.2, 0.25) is 23.6 Å². The Balaban J connectivity index is -0.0000000414. The van der Waals surface area contributed by atoms with Crippen LogP contribution in [-0.4, -0.2) is 212 Å². The van der Waals surface area contributed by atoms with Gasteiger partial charge in [-0.1, -0.05) is 258 Å². The first kappa shape index (κ1) is 175. The Morgan fingerprint density at radius 1 is 0.368 bits per heavy atom. The molecule has 1 aliphatic heterocycles. The highest BCUT2D eigenvalue weighted by Crippen LogP contribution is 2.17. The molecule has 4 aromatic rings. The second-order valence-electron chi connectivity index (χ2n) is 22.1. The van der Waals surface area contributed by atoms with Crippen LogP contribution in [0.5, 0.6) is 0 Å². The number of benzene rings is 4. The van der Waals surface area contributed by atoms with Gasteiger partial charge in [-0.15, -0.1) is 0 Å². The summed E-state index contributed by atoms with van der Waals surface area (Å²) in [4.78, 5) is 137. The molecule has 1 saturated heterocycles.